The molecule has 2 aliphatic rings. The number of anilines is 2. The number of benzene rings is 2. The first-order chi connectivity index (χ1) is 16.8. The second kappa shape index (κ2) is 10.2. The van der Waals surface area contributed by atoms with E-state index in [1.165, 1.54) is 9.80 Å². The molecule has 186 valence electrons. The van der Waals surface area contributed by atoms with E-state index in [2.05, 4.69) is 10.2 Å². The van der Waals surface area contributed by atoms with Crippen LogP contribution in [0, 0.1) is 0 Å². The summed E-state index contributed by atoms with van der Waals surface area (Å²) >= 11 is 0. The van der Waals surface area contributed by atoms with Gasteiger partial charge in [-0.2, -0.15) is 0 Å². The number of hydrogen-bond donors (Lipinski definition) is 1. The Hall–Kier alpha value is -3.75. The summed E-state index contributed by atoms with van der Waals surface area (Å²) in [7, 11) is 6.51. The van der Waals surface area contributed by atoms with Crippen molar-refractivity contribution in [2.75, 3.05) is 51.2 Å². The molecule has 2 heterocycles. The van der Waals surface area contributed by atoms with Gasteiger partial charge < -0.3 is 24.6 Å². The molecule has 0 radical (unpaired) electrons. The minimum atomic E-state index is -0.296. The minimum absolute atomic E-state index is 0.108. The van der Waals surface area contributed by atoms with Gasteiger partial charge in [0.1, 0.15) is 24.1 Å². The number of nitrogens with zero attached hydrogens (tertiary/aromatic N) is 3. The SMILES string of the molecule is COc1ccc(CNC(=O)CN2C(=O)C3CCCCN3c3ccc(C(=O)N(C)C)cc32)c(OC)c1. The van der Waals surface area contributed by atoms with E-state index in [1.807, 2.05) is 12.1 Å². The summed E-state index contributed by atoms with van der Waals surface area (Å²) in [5, 5.41) is 2.90. The number of rotatable bonds is 7. The van der Waals surface area contributed by atoms with Gasteiger partial charge in [0.15, 0.2) is 0 Å². The van der Waals surface area contributed by atoms with E-state index in [9.17, 15) is 14.4 Å². The lowest BCUT2D eigenvalue weighted by Crippen LogP contribution is -2.57. The summed E-state index contributed by atoms with van der Waals surface area (Å²) in [5.41, 5.74) is 2.75. The molecule has 0 aliphatic carbocycles. The Morgan fingerprint density at radius 1 is 1.06 bits per heavy atom. The van der Waals surface area contributed by atoms with Gasteiger partial charge >= 0.3 is 0 Å². The van der Waals surface area contributed by atoms with Crippen LogP contribution < -0.4 is 24.6 Å². The standard InChI is InChI=1S/C26H32N4O5/c1-28(2)25(32)17-9-11-20-22(13-17)30(26(33)21-7-5-6-12-29(20)21)16-24(31)27-15-18-8-10-19(34-3)14-23(18)35-4/h8-11,13-14,21H,5-7,12,15-16H2,1-4H3,(H,27,31). The summed E-state index contributed by atoms with van der Waals surface area (Å²) < 4.78 is 10.6. The van der Waals surface area contributed by atoms with E-state index in [0.29, 0.717) is 22.7 Å². The second-order valence-electron chi connectivity index (χ2n) is 8.99. The zero-order chi connectivity index (χ0) is 25.1. The first kappa shape index (κ1) is 24.4. The quantitative estimate of drug-likeness (QED) is 0.655. The third-order valence-electron chi connectivity index (χ3n) is 6.55. The maximum Gasteiger partial charge on any atom is 0.253 e. The molecule has 1 saturated heterocycles. The Bertz CT molecular complexity index is 1130. The molecule has 2 aliphatic heterocycles. The number of hydrogen-bond acceptors (Lipinski definition) is 6. The summed E-state index contributed by atoms with van der Waals surface area (Å²) in [6.45, 7) is 0.894. The molecule has 0 aromatic heterocycles. The van der Waals surface area contributed by atoms with Crippen LogP contribution in [0.15, 0.2) is 36.4 Å². The van der Waals surface area contributed by atoms with E-state index in [1.54, 1.807) is 52.6 Å². The summed E-state index contributed by atoms with van der Waals surface area (Å²) in [5.74, 6) is 0.706. The van der Waals surface area contributed by atoms with Gasteiger partial charge in [0, 0.05) is 44.4 Å². The molecule has 9 heteroatoms. The average Bonchev–Trinajstić information content (AvgIpc) is 2.88. The molecule has 4 rings (SSSR count). The molecule has 2 aromatic carbocycles. The smallest absolute Gasteiger partial charge is 0.253 e. The van der Waals surface area contributed by atoms with Crippen LogP contribution in [0.2, 0.25) is 0 Å². The van der Waals surface area contributed by atoms with E-state index >= 15 is 0 Å². The van der Waals surface area contributed by atoms with Gasteiger partial charge in [-0.15, -0.1) is 0 Å². The molecular weight excluding hydrogens is 448 g/mol. The molecule has 1 fully saturated rings. The number of fused-ring (bicyclic) bond motifs is 3. The van der Waals surface area contributed by atoms with Crippen LogP contribution in [0.5, 0.6) is 11.5 Å². The number of carbonyl (C=O) groups excluding carboxylic acids is 3. The van der Waals surface area contributed by atoms with Gasteiger partial charge in [0.05, 0.1) is 25.6 Å². The molecule has 1 unspecified atom stereocenters. The van der Waals surface area contributed by atoms with E-state index < -0.39 is 0 Å². The van der Waals surface area contributed by atoms with Crippen molar-refractivity contribution in [1.82, 2.24) is 10.2 Å². The normalized spacial score (nSPS) is 16.8. The zero-order valence-corrected chi connectivity index (χ0v) is 20.7. The fraction of sp³-hybridized carbons (Fsp3) is 0.423. The Morgan fingerprint density at radius 3 is 2.57 bits per heavy atom. The maximum atomic E-state index is 13.5. The van der Waals surface area contributed by atoms with Gasteiger partial charge in [-0.05, 0) is 49.6 Å². The third-order valence-corrected chi connectivity index (χ3v) is 6.55. The fourth-order valence-electron chi connectivity index (χ4n) is 4.70. The van der Waals surface area contributed by atoms with Crippen LogP contribution in [0.1, 0.15) is 35.2 Å². The van der Waals surface area contributed by atoms with Crippen LogP contribution in [-0.4, -0.2) is 70.1 Å². The molecule has 0 bridgehead atoms. The van der Waals surface area contributed by atoms with Gasteiger partial charge in [-0.25, -0.2) is 0 Å². The monoisotopic (exact) mass is 480 g/mol. The van der Waals surface area contributed by atoms with Crippen molar-refractivity contribution >= 4 is 29.1 Å². The molecule has 3 amide bonds. The molecular formula is C26H32N4O5. The fourth-order valence-corrected chi connectivity index (χ4v) is 4.70. The predicted molar refractivity (Wildman–Crippen MR) is 133 cm³/mol. The van der Waals surface area contributed by atoms with Crippen LogP contribution >= 0.6 is 0 Å². The van der Waals surface area contributed by atoms with Crippen molar-refractivity contribution in [3.05, 3.63) is 47.5 Å². The largest absolute Gasteiger partial charge is 0.497 e. The predicted octanol–water partition coefficient (Wildman–Crippen LogP) is 2.43. The van der Waals surface area contributed by atoms with Crippen molar-refractivity contribution in [3.63, 3.8) is 0 Å². The van der Waals surface area contributed by atoms with Gasteiger partial charge in [0.25, 0.3) is 5.91 Å². The molecule has 35 heavy (non-hydrogen) atoms. The van der Waals surface area contributed by atoms with Crippen molar-refractivity contribution in [2.45, 2.75) is 31.8 Å². The van der Waals surface area contributed by atoms with Crippen molar-refractivity contribution < 1.29 is 23.9 Å². The second-order valence-corrected chi connectivity index (χ2v) is 8.99. The summed E-state index contributed by atoms with van der Waals surface area (Å²) in [6, 6.07) is 10.5. The summed E-state index contributed by atoms with van der Waals surface area (Å²) in [4.78, 5) is 44.2. The topological polar surface area (TPSA) is 91.4 Å². The highest BCUT2D eigenvalue weighted by Crippen LogP contribution is 2.40. The Labute approximate surface area is 205 Å². The molecule has 0 spiro atoms. The third kappa shape index (κ3) is 4.89. The number of amides is 3. The lowest BCUT2D eigenvalue weighted by atomic mass is 9.95. The minimum Gasteiger partial charge on any atom is -0.497 e. The number of carbonyl (C=O) groups is 3. The Morgan fingerprint density at radius 2 is 1.86 bits per heavy atom. The van der Waals surface area contributed by atoms with Crippen LogP contribution in [0.25, 0.3) is 0 Å². The lowest BCUT2D eigenvalue weighted by Gasteiger charge is -2.45. The number of piperidine rings is 1. The average molecular weight is 481 g/mol. The Kier molecular flexibility index (Phi) is 7.14. The number of nitrogens with one attached hydrogen (secondary N) is 1. The van der Waals surface area contributed by atoms with Gasteiger partial charge in [-0.3, -0.25) is 19.3 Å². The molecule has 0 saturated carbocycles. The number of methoxy groups -OCH3 is 2. The van der Waals surface area contributed by atoms with Gasteiger partial charge in [0.2, 0.25) is 11.8 Å². The zero-order valence-electron chi connectivity index (χ0n) is 20.7. The molecule has 9 nitrogen and oxygen atoms in total. The molecule has 1 atom stereocenters. The van der Waals surface area contributed by atoms with Crippen molar-refractivity contribution in [1.29, 1.82) is 0 Å². The van der Waals surface area contributed by atoms with E-state index in [4.69, 9.17) is 9.47 Å². The lowest BCUT2D eigenvalue weighted by molar-refractivity contribution is -0.125. The highest BCUT2D eigenvalue weighted by molar-refractivity contribution is 6.09. The highest BCUT2D eigenvalue weighted by atomic mass is 16.5. The number of ether oxygens (including phenoxy) is 2. The summed E-state index contributed by atoms with van der Waals surface area (Å²) in [6.07, 6.45) is 2.72. The first-order valence-corrected chi connectivity index (χ1v) is 11.8. The van der Waals surface area contributed by atoms with E-state index in [-0.39, 0.29) is 36.9 Å². The first-order valence-electron chi connectivity index (χ1n) is 11.8. The molecule has 1 N–H and O–H groups in total. The van der Waals surface area contributed by atoms with Crippen molar-refractivity contribution in [3.8, 4) is 11.5 Å². The maximum absolute atomic E-state index is 13.5. The van der Waals surface area contributed by atoms with Crippen LogP contribution in [0.3, 0.4) is 0 Å². The van der Waals surface area contributed by atoms with Crippen molar-refractivity contribution in [2.24, 2.45) is 0 Å². The van der Waals surface area contributed by atoms with Crippen LogP contribution in [-0.2, 0) is 16.1 Å². The van der Waals surface area contributed by atoms with E-state index in [0.717, 1.165) is 37.1 Å². The highest BCUT2D eigenvalue weighted by Gasteiger charge is 2.40. The molecule has 2 aromatic rings. The van der Waals surface area contributed by atoms with Gasteiger partial charge in [-0.1, -0.05) is 0 Å². The van der Waals surface area contributed by atoms with Crippen LogP contribution in [0.4, 0.5) is 11.4 Å². The Balaban J connectivity index is 1.57.